The van der Waals surface area contributed by atoms with Crippen molar-refractivity contribution in [2.45, 2.75) is 31.6 Å². The van der Waals surface area contributed by atoms with Crippen LogP contribution in [0.2, 0.25) is 0 Å². The van der Waals surface area contributed by atoms with E-state index in [9.17, 15) is 9.90 Å². The van der Waals surface area contributed by atoms with E-state index in [1.165, 1.54) is 10.5 Å². The normalized spacial score (nSPS) is 17.5. The Morgan fingerprint density at radius 2 is 2.00 bits per heavy atom. The molecular formula is C16H24N2O3S. The van der Waals surface area contributed by atoms with Crippen molar-refractivity contribution >= 4 is 23.7 Å². The van der Waals surface area contributed by atoms with Crippen molar-refractivity contribution < 1.29 is 18.5 Å². The molecule has 1 heterocycles. The smallest absolute Gasteiger partial charge is 0.138 e. The molecule has 1 aliphatic rings. The second-order valence-electron chi connectivity index (χ2n) is 6.23. The fourth-order valence-corrected chi connectivity index (χ4v) is 3.96. The highest BCUT2D eigenvalue weighted by molar-refractivity contribution is 7.94. The minimum Gasteiger partial charge on any atom is -0.530 e. The van der Waals surface area contributed by atoms with Crippen LogP contribution < -0.4 is 10.4 Å². The van der Waals surface area contributed by atoms with Crippen molar-refractivity contribution in [1.82, 2.24) is 0 Å². The highest BCUT2D eigenvalue weighted by atomic mass is 32.2. The molecule has 0 spiro atoms. The lowest BCUT2D eigenvalue weighted by atomic mass is 10.00. The molecule has 0 aliphatic carbocycles. The lowest BCUT2D eigenvalue weighted by molar-refractivity contribution is -0.784. The summed E-state index contributed by atoms with van der Waals surface area (Å²) in [6, 6.07) is 3.79. The van der Waals surface area contributed by atoms with Gasteiger partial charge in [0, 0.05) is 5.69 Å². The van der Waals surface area contributed by atoms with E-state index in [2.05, 4.69) is 26.2 Å². The zero-order valence-electron chi connectivity index (χ0n) is 13.6. The van der Waals surface area contributed by atoms with Crippen LogP contribution in [0.25, 0.3) is 0 Å². The van der Waals surface area contributed by atoms with Gasteiger partial charge < -0.3 is 20.0 Å². The molecule has 1 amide bonds. The quantitative estimate of drug-likeness (QED) is 0.682. The van der Waals surface area contributed by atoms with E-state index >= 15 is 0 Å². The summed E-state index contributed by atoms with van der Waals surface area (Å²) >= 11 is 1.84. The molecule has 1 fully saturated rings. The molecule has 1 N–H and O–H groups in total. The molecule has 0 atom stereocenters. The summed E-state index contributed by atoms with van der Waals surface area (Å²) in [4.78, 5) is 12.0. The van der Waals surface area contributed by atoms with Gasteiger partial charge in [-0.1, -0.05) is 13.8 Å². The molecule has 6 heteroatoms. The summed E-state index contributed by atoms with van der Waals surface area (Å²) in [6.45, 7) is 9.79. The summed E-state index contributed by atoms with van der Waals surface area (Å²) in [7, 11) is 2.23. The SMILES string of the molecule is Cc1cc(NC(=O)[O-])cc(C(C)C)c1S[N+]1(C)CCOCC1. The van der Waals surface area contributed by atoms with Gasteiger partial charge in [0.15, 0.2) is 0 Å². The third kappa shape index (κ3) is 4.15. The first-order chi connectivity index (χ1) is 10.3. The Morgan fingerprint density at radius 3 is 2.55 bits per heavy atom. The number of nitrogens with one attached hydrogen (secondary N) is 1. The van der Waals surface area contributed by atoms with E-state index < -0.39 is 6.09 Å². The number of benzene rings is 1. The minimum absolute atomic E-state index is 0.317. The lowest BCUT2D eigenvalue weighted by Gasteiger charge is -2.36. The Hall–Kier alpha value is -1.24. The van der Waals surface area contributed by atoms with Crippen molar-refractivity contribution in [3.63, 3.8) is 0 Å². The van der Waals surface area contributed by atoms with Crippen LogP contribution in [0, 0.1) is 6.92 Å². The lowest BCUT2D eigenvalue weighted by Crippen LogP contribution is -2.46. The summed E-state index contributed by atoms with van der Waals surface area (Å²) in [5.41, 5.74) is 2.83. The summed E-state index contributed by atoms with van der Waals surface area (Å²) in [5.74, 6) is 0.317. The van der Waals surface area contributed by atoms with Crippen LogP contribution in [0.4, 0.5) is 10.5 Å². The fourth-order valence-electron chi connectivity index (χ4n) is 2.59. The van der Waals surface area contributed by atoms with Crippen molar-refractivity contribution in [2.24, 2.45) is 0 Å². The Bertz CT molecular complexity index is 555. The number of nitrogens with zero attached hydrogens (tertiary/aromatic N) is 1. The van der Waals surface area contributed by atoms with Crippen LogP contribution >= 0.6 is 11.9 Å². The topological polar surface area (TPSA) is 61.4 Å². The van der Waals surface area contributed by atoms with Gasteiger partial charge in [0.25, 0.3) is 0 Å². The van der Waals surface area contributed by atoms with Crippen LogP contribution in [-0.2, 0) is 4.74 Å². The molecule has 22 heavy (non-hydrogen) atoms. The van der Waals surface area contributed by atoms with Gasteiger partial charge in [-0.3, -0.25) is 3.89 Å². The van der Waals surface area contributed by atoms with E-state index in [4.69, 9.17) is 4.74 Å². The first-order valence-corrected chi connectivity index (χ1v) is 8.32. The number of carbonyl (C=O) groups excluding carboxylic acids is 1. The van der Waals surface area contributed by atoms with Crippen molar-refractivity contribution in [2.75, 3.05) is 38.7 Å². The Balaban J connectivity index is 2.34. The maximum Gasteiger partial charge on any atom is 0.138 e. The monoisotopic (exact) mass is 324 g/mol. The van der Waals surface area contributed by atoms with Gasteiger partial charge in [0.1, 0.15) is 31.1 Å². The van der Waals surface area contributed by atoms with E-state index in [-0.39, 0.29) is 0 Å². The number of hydrogen-bond acceptors (Lipinski definition) is 4. The van der Waals surface area contributed by atoms with Gasteiger partial charge in [-0.15, -0.1) is 0 Å². The second kappa shape index (κ2) is 6.89. The molecule has 2 rings (SSSR count). The van der Waals surface area contributed by atoms with Gasteiger partial charge in [-0.25, -0.2) is 0 Å². The average Bonchev–Trinajstić information content (AvgIpc) is 2.41. The second-order valence-corrected chi connectivity index (χ2v) is 7.70. The number of rotatable bonds is 4. The van der Waals surface area contributed by atoms with E-state index in [0.717, 1.165) is 35.8 Å². The number of carboxylic acid groups (broad SMARTS) is 1. The van der Waals surface area contributed by atoms with E-state index in [1.54, 1.807) is 0 Å². The number of quaternary nitrogens is 1. The first kappa shape index (κ1) is 17.1. The first-order valence-electron chi connectivity index (χ1n) is 7.55. The zero-order chi connectivity index (χ0) is 16.3. The Kier molecular flexibility index (Phi) is 5.36. The third-order valence-electron chi connectivity index (χ3n) is 3.90. The van der Waals surface area contributed by atoms with Gasteiger partial charge in [0.05, 0.1) is 25.2 Å². The molecule has 1 aliphatic heterocycles. The highest BCUT2D eigenvalue weighted by Crippen LogP contribution is 2.39. The average molecular weight is 324 g/mol. The molecule has 5 nitrogen and oxygen atoms in total. The fraction of sp³-hybridized carbons (Fsp3) is 0.562. The van der Waals surface area contributed by atoms with Crippen molar-refractivity contribution in [1.29, 1.82) is 0 Å². The highest BCUT2D eigenvalue weighted by Gasteiger charge is 2.30. The number of anilines is 1. The van der Waals surface area contributed by atoms with Gasteiger partial charge >= 0.3 is 0 Å². The Morgan fingerprint density at radius 1 is 1.36 bits per heavy atom. The largest absolute Gasteiger partial charge is 0.530 e. The molecule has 0 saturated carbocycles. The van der Waals surface area contributed by atoms with E-state index in [0.29, 0.717) is 11.6 Å². The van der Waals surface area contributed by atoms with Gasteiger partial charge in [-0.05, 0) is 36.1 Å². The van der Waals surface area contributed by atoms with Gasteiger partial charge in [-0.2, -0.15) is 0 Å². The molecular weight excluding hydrogens is 300 g/mol. The maximum atomic E-state index is 10.8. The van der Waals surface area contributed by atoms with E-state index in [1.807, 2.05) is 31.0 Å². The molecule has 0 aromatic heterocycles. The number of morpholine rings is 1. The van der Waals surface area contributed by atoms with Crippen LogP contribution in [0.1, 0.15) is 30.9 Å². The molecule has 0 radical (unpaired) electrons. The molecule has 122 valence electrons. The predicted octanol–water partition coefficient (Wildman–Crippen LogP) is 2.36. The number of aryl methyl sites for hydroxylation is 1. The number of ether oxygens (including phenoxy) is 1. The summed E-state index contributed by atoms with van der Waals surface area (Å²) in [5, 5.41) is 13.1. The standard InChI is InChI=1S/C16H24N2O3S/c1-11(2)14-10-13(17-16(19)20)9-12(3)15(14)22-18(4)5-7-21-8-6-18/h9-11,17H,5-8H2,1-4H3. The van der Waals surface area contributed by atoms with Crippen LogP contribution in [0.15, 0.2) is 17.0 Å². The van der Waals surface area contributed by atoms with Gasteiger partial charge in [0.2, 0.25) is 0 Å². The predicted molar refractivity (Wildman–Crippen MR) is 86.9 cm³/mol. The van der Waals surface area contributed by atoms with Crippen LogP contribution in [0.5, 0.6) is 0 Å². The van der Waals surface area contributed by atoms with Crippen molar-refractivity contribution in [3.05, 3.63) is 23.3 Å². The van der Waals surface area contributed by atoms with Crippen LogP contribution in [0.3, 0.4) is 0 Å². The zero-order valence-corrected chi connectivity index (χ0v) is 14.5. The Labute approximate surface area is 136 Å². The molecule has 1 aromatic rings. The number of amides is 1. The third-order valence-corrected chi connectivity index (χ3v) is 5.45. The molecule has 0 unspecified atom stereocenters. The van der Waals surface area contributed by atoms with Crippen molar-refractivity contribution in [3.8, 4) is 0 Å². The van der Waals surface area contributed by atoms with Crippen LogP contribution in [-0.4, -0.2) is 43.3 Å². The molecule has 1 saturated heterocycles. The molecule has 0 bridgehead atoms. The summed E-state index contributed by atoms with van der Waals surface area (Å²) in [6.07, 6.45) is -1.28. The summed E-state index contributed by atoms with van der Waals surface area (Å²) < 4.78 is 6.35. The number of likely N-dealkylation sites (N-methyl/N-ethyl adjacent to an activating group) is 1. The number of carbonyl (C=O) groups is 1. The minimum atomic E-state index is -1.28. The maximum absolute atomic E-state index is 10.8. The molecule has 1 aromatic carbocycles. The number of hydrogen-bond donors (Lipinski definition) is 1.